The van der Waals surface area contributed by atoms with Crippen molar-refractivity contribution in [1.82, 2.24) is 14.9 Å². The summed E-state index contributed by atoms with van der Waals surface area (Å²) in [6.07, 6.45) is 0.0412. The Hall–Kier alpha value is -1.43. The molecule has 2 rings (SSSR count). The molecule has 1 heterocycles. The van der Waals surface area contributed by atoms with Gasteiger partial charge in [0.2, 0.25) is 0 Å². The van der Waals surface area contributed by atoms with E-state index in [2.05, 4.69) is 10.3 Å². The minimum absolute atomic E-state index is 0.238. The Morgan fingerprint density at radius 1 is 1.39 bits per heavy atom. The summed E-state index contributed by atoms with van der Waals surface area (Å²) >= 11 is 0. The normalized spacial score (nSPS) is 13.1. The minimum Gasteiger partial charge on any atom is -0.394 e. The molecule has 0 bridgehead atoms. The predicted molar refractivity (Wildman–Crippen MR) is 70.5 cm³/mol. The van der Waals surface area contributed by atoms with Crippen LogP contribution >= 0.6 is 0 Å². The van der Waals surface area contributed by atoms with E-state index in [9.17, 15) is 5.11 Å². The van der Waals surface area contributed by atoms with Gasteiger partial charge in [-0.15, -0.1) is 0 Å². The van der Waals surface area contributed by atoms with Crippen molar-refractivity contribution in [2.24, 2.45) is 0 Å². The Labute approximate surface area is 106 Å². The van der Waals surface area contributed by atoms with Gasteiger partial charge in [-0.1, -0.05) is 12.1 Å². The van der Waals surface area contributed by atoms with E-state index in [0.29, 0.717) is 6.54 Å². The summed E-state index contributed by atoms with van der Waals surface area (Å²) in [7, 11) is 1.90. The number of aliphatic hydroxyl groups excluding tert-OH is 2. The summed E-state index contributed by atoms with van der Waals surface area (Å²) in [4.78, 5) is 4.57. The molecule has 0 aliphatic rings. The lowest BCUT2D eigenvalue weighted by Crippen LogP contribution is -2.22. The SMILES string of the molecule is CNCCc1nc2ccccc2n1CC(O)CO. The van der Waals surface area contributed by atoms with Crippen LogP contribution in [0.5, 0.6) is 0 Å². The number of hydrogen-bond acceptors (Lipinski definition) is 4. The van der Waals surface area contributed by atoms with Crippen LogP contribution in [0.4, 0.5) is 0 Å². The second kappa shape index (κ2) is 5.95. The Balaban J connectivity index is 2.37. The zero-order valence-corrected chi connectivity index (χ0v) is 10.5. The fraction of sp³-hybridized carbons (Fsp3) is 0.462. The third kappa shape index (κ3) is 2.69. The van der Waals surface area contributed by atoms with Crippen molar-refractivity contribution in [3.63, 3.8) is 0 Å². The first-order chi connectivity index (χ1) is 8.76. The van der Waals surface area contributed by atoms with Crippen molar-refractivity contribution >= 4 is 11.0 Å². The standard InChI is InChI=1S/C13H19N3O2/c1-14-7-6-13-15-11-4-2-3-5-12(11)16(13)8-10(18)9-17/h2-5,10,14,17-18H,6-9H2,1H3. The number of nitrogens with one attached hydrogen (secondary N) is 1. The van der Waals surface area contributed by atoms with Gasteiger partial charge < -0.3 is 20.1 Å². The van der Waals surface area contributed by atoms with E-state index in [-0.39, 0.29) is 6.61 Å². The third-order valence-electron chi connectivity index (χ3n) is 2.94. The molecule has 1 aromatic heterocycles. The highest BCUT2D eigenvalue weighted by molar-refractivity contribution is 5.75. The number of likely N-dealkylation sites (N-methyl/N-ethyl adjacent to an activating group) is 1. The number of nitrogens with zero attached hydrogens (tertiary/aromatic N) is 2. The first kappa shape index (κ1) is 13.0. The predicted octanol–water partition coefficient (Wildman–Crippen LogP) is 0.151. The lowest BCUT2D eigenvalue weighted by atomic mass is 10.3. The van der Waals surface area contributed by atoms with Crippen LogP contribution in [0.3, 0.4) is 0 Å². The summed E-state index contributed by atoms with van der Waals surface area (Å²) in [5.41, 5.74) is 1.92. The minimum atomic E-state index is -0.754. The second-order valence-electron chi connectivity index (χ2n) is 4.32. The van der Waals surface area contributed by atoms with Crippen LogP contribution in [-0.4, -0.2) is 46.1 Å². The molecule has 0 fully saturated rings. The number of aromatic nitrogens is 2. The van der Waals surface area contributed by atoms with Gasteiger partial charge in [0.05, 0.1) is 30.3 Å². The molecule has 5 heteroatoms. The molecule has 0 saturated heterocycles. The quantitative estimate of drug-likeness (QED) is 0.681. The Kier molecular flexibility index (Phi) is 4.30. The van der Waals surface area contributed by atoms with Gasteiger partial charge in [0.1, 0.15) is 5.82 Å². The zero-order chi connectivity index (χ0) is 13.0. The summed E-state index contributed by atoms with van der Waals surface area (Å²) in [5.74, 6) is 0.929. The topological polar surface area (TPSA) is 70.3 Å². The van der Waals surface area contributed by atoms with Gasteiger partial charge in [-0.25, -0.2) is 4.98 Å². The molecule has 1 atom stereocenters. The summed E-state index contributed by atoms with van der Waals surface area (Å²) < 4.78 is 1.98. The maximum Gasteiger partial charge on any atom is 0.111 e. The van der Waals surface area contributed by atoms with Crippen LogP contribution in [0.1, 0.15) is 5.82 Å². The van der Waals surface area contributed by atoms with Gasteiger partial charge in [0, 0.05) is 13.0 Å². The Bertz CT molecular complexity index is 510. The van der Waals surface area contributed by atoms with E-state index in [1.165, 1.54) is 0 Å². The van der Waals surface area contributed by atoms with Crippen molar-refractivity contribution < 1.29 is 10.2 Å². The van der Waals surface area contributed by atoms with Crippen molar-refractivity contribution in [3.8, 4) is 0 Å². The lowest BCUT2D eigenvalue weighted by molar-refractivity contribution is 0.0814. The number of aliphatic hydroxyl groups is 2. The van der Waals surface area contributed by atoms with Crippen LogP contribution in [-0.2, 0) is 13.0 Å². The number of fused-ring (bicyclic) bond motifs is 1. The lowest BCUT2D eigenvalue weighted by Gasteiger charge is -2.12. The average molecular weight is 249 g/mol. The van der Waals surface area contributed by atoms with Gasteiger partial charge in [-0.05, 0) is 19.2 Å². The number of para-hydroxylation sites is 2. The van der Waals surface area contributed by atoms with E-state index < -0.39 is 6.10 Å². The maximum absolute atomic E-state index is 9.62. The number of imidazole rings is 1. The summed E-state index contributed by atoms with van der Waals surface area (Å²) in [6, 6.07) is 7.84. The first-order valence-corrected chi connectivity index (χ1v) is 6.14. The fourth-order valence-corrected chi connectivity index (χ4v) is 2.03. The highest BCUT2D eigenvalue weighted by Crippen LogP contribution is 2.16. The molecule has 5 nitrogen and oxygen atoms in total. The van der Waals surface area contributed by atoms with Crippen LogP contribution in [0.15, 0.2) is 24.3 Å². The molecular formula is C13H19N3O2. The molecule has 0 radical (unpaired) electrons. The monoisotopic (exact) mass is 249 g/mol. The van der Waals surface area contributed by atoms with Gasteiger partial charge >= 0.3 is 0 Å². The first-order valence-electron chi connectivity index (χ1n) is 6.14. The molecular weight excluding hydrogens is 230 g/mol. The molecule has 0 amide bonds. The van der Waals surface area contributed by atoms with Crippen LogP contribution in [0, 0.1) is 0 Å². The number of benzene rings is 1. The van der Waals surface area contributed by atoms with Crippen LogP contribution < -0.4 is 5.32 Å². The van der Waals surface area contributed by atoms with Gasteiger partial charge in [-0.2, -0.15) is 0 Å². The van der Waals surface area contributed by atoms with E-state index in [1.807, 2.05) is 35.9 Å². The highest BCUT2D eigenvalue weighted by atomic mass is 16.3. The second-order valence-corrected chi connectivity index (χ2v) is 4.32. The van der Waals surface area contributed by atoms with E-state index in [1.54, 1.807) is 0 Å². The molecule has 1 unspecified atom stereocenters. The number of rotatable bonds is 6. The van der Waals surface area contributed by atoms with Gasteiger partial charge in [-0.3, -0.25) is 0 Å². The largest absolute Gasteiger partial charge is 0.394 e. The third-order valence-corrected chi connectivity index (χ3v) is 2.94. The van der Waals surface area contributed by atoms with Crippen LogP contribution in [0.2, 0.25) is 0 Å². The average Bonchev–Trinajstić information content (AvgIpc) is 2.74. The highest BCUT2D eigenvalue weighted by Gasteiger charge is 2.12. The smallest absolute Gasteiger partial charge is 0.111 e. The molecule has 98 valence electrons. The van der Waals surface area contributed by atoms with E-state index >= 15 is 0 Å². The molecule has 0 aliphatic carbocycles. The van der Waals surface area contributed by atoms with Crippen molar-refractivity contribution in [2.45, 2.75) is 19.1 Å². The Morgan fingerprint density at radius 3 is 2.89 bits per heavy atom. The molecule has 18 heavy (non-hydrogen) atoms. The van der Waals surface area contributed by atoms with Crippen molar-refractivity contribution in [1.29, 1.82) is 0 Å². The van der Waals surface area contributed by atoms with E-state index in [4.69, 9.17) is 5.11 Å². The zero-order valence-electron chi connectivity index (χ0n) is 10.5. The molecule has 0 saturated carbocycles. The van der Waals surface area contributed by atoms with Crippen molar-refractivity contribution in [2.75, 3.05) is 20.2 Å². The summed E-state index contributed by atoms with van der Waals surface area (Å²) in [6.45, 7) is 0.965. The molecule has 0 aliphatic heterocycles. The molecule has 1 aromatic carbocycles. The number of hydrogen-bond donors (Lipinski definition) is 3. The Morgan fingerprint density at radius 2 is 2.17 bits per heavy atom. The van der Waals surface area contributed by atoms with E-state index in [0.717, 1.165) is 29.8 Å². The molecule has 0 spiro atoms. The molecule has 3 N–H and O–H groups in total. The summed E-state index contributed by atoms with van der Waals surface area (Å²) in [5, 5.41) is 21.7. The van der Waals surface area contributed by atoms with Crippen molar-refractivity contribution in [3.05, 3.63) is 30.1 Å². The maximum atomic E-state index is 9.62. The van der Waals surface area contributed by atoms with Crippen LogP contribution in [0.25, 0.3) is 11.0 Å². The van der Waals surface area contributed by atoms with Gasteiger partial charge in [0.25, 0.3) is 0 Å². The fourth-order valence-electron chi connectivity index (χ4n) is 2.03. The molecule has 2 aromatic rings. The van der Waals surface area contributed by atoms with Gasteiger partial charge in [0.15, 0.2) is 0 Å².